The number of rotatable bonds is 5. The maximum Gasteiger partial charge on any atom is 0.129 e. The highest BCUT2D eigenvalue weighted by Crippen LogP contribution is 2.26. The Kier molecular flexibility index (Phi) is 4.58. The van der Waals surface area contributed by atoms with Crippen LogP contribution in [0.4, 0.5) is 5.82 Å². The molecule has 1 aromatic carbocycles. The molecule has 21 heavy (non-hydrogen) atoms. The first-order chi connectivity index (χ1) is 9.91. The molecule has 4 heteroatoms. The molecular weight excluding hydrogens is 260 g/mol. The van der Waals surface area contributed by atoms with Crippen molar-refractivity contribution in [2.75, 3.05) is 26.0 Å². The number of benzene rings is 1. The quantitative estimate of drug-likeness (QED) is 0.916. The van der Waals surface area contributed by atoms with E-state index in [1.165, 1.54) is 5.56 Å². The molecule has 1 atom stereocenters. The normalized spacial score (nSPS) is 14.0. The zero-order chi connectivity index (χ0) is 15.5. The van der Waals surface area contributed by atoms with Gasteiger partial charge >= 0.3 is 0 Å². The van der Waals surface area contributed by atoms with Crippen LogP contribution in [0, 0.1) is 13.8 Å². The molecule has 2 rings (SSSR count). The molecule has 0 aliphatic rings. The minimum Gasteiger partial charge on any atom is -0.368 e. The van der Waals surface area contributed by atoms with Crippen LogP contribution < -0.4 is 5.32 Å². The largest absolute Gasteiger partial charge is 0.368 e. The van der Waals surface area contributed by atoms with Gasteiger partial charge in [-0.1, -0.05) is 30.3 Å². The van der Waals surface area contributed by atoms with Crippen molar-refractivity contribution in [3.63, 3.8) is 0 Å². The molecule has 0 bridgehead atoms. The molecular formula is C17H24N4. The maximum absolute atomic E-state index is 4.45. The first kappa shape index (κ1) is 15.4. The summed E-state index contributed by atoms with van der Waals surface area (Å²) in [5, 5.41) is 3.45. The third-order valence-corrected chi connectivity index (χ3v) is 3.96. The van der Waals surface area contributed by atoms with Crippen molar-refractivity contribution < 1.29 is 0 Å². The van der Waals surface area contributed by atoms with Gasteiger partial charge in [0.2, 0.25) is 0 Å². The number of nitrogens with zero attached hydrogens (tertiary/aromatic N) is 3. The molecule has 0 spiro atoms. The van der Waals surface area contributed by atoms with Gasteiger partial charge in [-0.05, 0) is 40.4 Å². The van der Waals surface area contributed by atoms with E-state index in [2.05, 4.69) is 65.5 Å². The molecule has 1 N–H and O–H groups in total. The summed E-state index contributed by atoms with van der Waals surface area (Å²) in [5.41, 5.74) is 2.16. The van der Waals surface area contributed by atoms with E-state index >= 15 is 0 Å². The Bertz CT molecular complexity index is 575. The fraction of sp³-hybridized carbons (Fsp3) is 0.412. The lowest BCUT2D eigenvalue weighted by Crippen LogP contribution is -2.44. The highest BCUT2D eigenvalue weighted by atomic mass is 15.2. The summed E-state index contributed by atoms with van der Waals surface area (Å²) in [4.78, 5) is 11.0. The number of aromatic nitrogens is 2. The Hall–Kier alpha value is -1.94. The van der Waals surface area contributed by atoms with Crippen LogP contribution in [0.25, 0.3) is 0 Å². The van der Waals surface area contributed by atoms with Crippen LogP contribution >= 0.6 is 0 Å². The van der Waals surface area contributed by atoms with Crippen LogP contribution in [0.3, 0.4) is 0 Å². The number of anilines is 1. The fourth-order valence-electron chi connectivity index (χ4n) is 2.39. The summed E-state index contributed by atoms with van der Waals surface area (Å²) in [7, 11) is 4.20. The van der Waals surface area contributed by atoms with E-state index in [1.54, 1.807) is 0 Å². The number of aryl methyl sites for hydroxylation is 2. The van der Waals surface area contributed by atoms with E-state index in [9.17, 15) is 0 Å². The van der Waals surface area contributed by atoms with Crippen molar-refractivity contribution in [2.24, 2.45) is 0 Å². The van der Waals surface area contributed by atoms with Gasteiger partial charge in [0, 0.05) is 18.3 Å². The topological polar surface area (TPSA) is 41.0 Å². The standard InChI is InChI=1S/C17H24N4/c1-13-11-16(20-14(2)19-13)18-12-17(3,21(4)5)15-9-7-6-8-10-15/h6-11H,12H2,1-5H3,(H,18,19,20). The predicted octanol–water partition coefficient (Wildman–Crippen LogP) is 2.98. The fourth-order valence-corrected chi connectivity index (χ4v) is 2.39. The Balaban J connectivity index is 2.21. The summed E-state index contributed by atoms with van der Waals surface area (Å²) in [6, 6.07) is 12.5. The van der Waals surface area contributed by atoms with E-state index in [0.717, 1.165) is 23.9 Å². The molecule has 0 aliphatic carbocycles. The van der Waals surface area contributed by atoms with Crippen LogP contribution in [-0.4, -0.2) is 35.5 Å². The highest BCUT2D eigenvalue weighted by Gasteiger charge is 2.28. The number of hydrogen-bond acceptors (Lipinski definition) is 4. The minimum atomic E-state index is -0.103. The molecule has 1 unspecified atom stereocenters. The zero-order valence-electron chi connectivity index (χ0n) is 13.5. The highest BCUT2D eigenvalue weighted by molar-refractivity contribution is 5.37. The average Bonchev–Trinajstić information content (AvgIpc) is 2.44. The van der Waals surface area contributed by atoms with Gasteiger partial charge in [0.1, 0.15) is 11.6 Å². The van der Waals surface area contributed by atoms with Gasteiger partial charge in [-0.2, -0.15) is 0 Å². The lowest BCUT2D eigenvalue weighted by Gasteiger charge is -2.37. The van der Waals surface area contributed by atoms with E-state index in [4.69, 9.17) is 0 Å². The third-order valence-electron chi connectivity index (χ3n) is 3.96. The van der Waals surface area contributed by atoms with Crippen molar-refractivity contribution >= 4 is 5.82 Å². The number of likely N-dealkylation sites (N-methyl/N-ethyl adjacent to an activating group) is 1. The van der Waals surface area contributed by atoms with Gasteiger partial charge in [0.25, 0.3) is 0 Å². The van der Waals surface area contributed by atoms with Crippen molar-refractivity contribution in [3.8, 4) is 0 Å². The molecule has 112 valence electrons. The summed E-state index contributed by atoms with van der Waals surface area (Å²) < 4.78 is 0. The van der Waals surface area contributed by atoms with Gasteiger partial charge in [0.05, 0.1) is 5.54 Å². The SMILES string of the molecule is Cc1cc(NCC(C)(c2ccccc2)N(C)C)nc(C)n1. The van der Waals surface area contributed by atoms with Crippen LogP contribution in [0.1, 0.15) is 24.0 Å². The van der Waals surface area contributed by atoms with Gasteiger partial charge < -0.3 is 5.32 Å². The Morgan fingerprint density at radius 3 is 2.33 bits per heavy atom. The van der Waals surface area contributed by atoms with Gasteiger partial charge in [-0.15, -0.1) is 0 Å². The molecule has 1 heterocycles. The monoisotopic (exact) mass is 284 g/mol. The van der Waals surface area contributed by atoms with Crippen molar-refractivity contribution in [1.29, 1.82) is 0 Å². The Labute approximate surface area is 127 Å². The molecule has 0 amide bonds. The smallest absolute Gasteiger partial charge is 0.129 e. The first-order valence-electron chi connectivity index (χ1n) is 7.21. The second kappa shape index (κ2) is 6.22. The summed E-state index contributed by atoms with van der Waals surface area (Å²) in [6.45, 7) is 6.92. The van der Waals surface area contributed by atoms with E-state index < -0.39 is 0 Å². The van der Waals surface area contributed by atoms with Crippen molar-refractivity contribution in [1.82, 2.24) is 14.9 Å². The summed E-state index contributed by atoms with van der Waals surface area (Å²) >= 11 is 0. The molecule has 1 aromatic heterocycles. The van der Waals surface area contributed by atoms with E-state index in [0.29, 0.717) is 0 Å². The van der Waals surface area contributed by atoms with Crippen molar-refractivity contribution in [3.05, 3.63) is 53.5 Å². The van der Waals surface area contributed by atoms with Crippen molar-refractivity contribution in [2.45, 2.75) is 26.3 Å². The number of nitrogens with one attached hydrogen (secondary N) is 1. The zero-order valence-corrected chi connectivity index (χ0v) is 13.5. The average molecular weight is 284 g/mol. The van der Waals surface area contributed by atoms with Crippen LogP contribution in [0.5, 0.6) is 0 Å². The van der Waals surface area contributed by atoms with Gasteiger partial charge in [0.15, 0.2) is 0 Å². The summed E-state index contributed by atoms with van der Waals surface area (Å²) in [5.74, 6) is 1.67. The van der Waals surface area contributed by atoms with Gasteiger partial charge in [-0.25, -0.2) is 9.97 Å². The predicted molar refractivity (Wildman–Crippen MR) is 87.5 cm³/mol. The molecule has 0 saturated heterocycles. The molecule has 4 nitrogen and oxygen atoms in total. The molecule has 0 saturated carbocycles. The minimum absolute atomic E-state index is 0.103. The van der Waals surface area contributed by atoms with Gasteiger partial charge in [-0.3, -0.25) is 4.90 Å². The Morgan fingerprint density at radius 1 is 1.10 bits per heavy atom. The molecule has 0 radical (unpaired) electrons. The molecule has 2 aromatic rings. The second-order valence-corrected chi connectivity index (χ2v) is 5.83. The number of hydrogen-bond donors (Lipinski definition) is 1. The second-order valence-electron chi connectivity index (χ2n) is 5.83. The van der Waals surface area contributed by atoms with E-state index in [1.807, 2.05) is 26.0 Å². The third kappa shape index (κ3) is 3.58. The first-order valence-corrected chi connectivity index (χ1v) is 7.21. The maximum atomic E-state index is 4.45. The van der Waals surface area contributed by atoms with Crippen LogP contribution in [0.15, 0.2) is 36.4 Å². The lowest BCUT2D eigenvalue weighted by atomic mass is 9.90. The molecule has 0 aliphatic heterocycles. The lowest BCUT2D eigenvalue weighted by molar-refractivity contribution is 0.188. The summed E-state index contributed by atoms with van der Waals surface area (Å²) in [6.07, 6.45) is 0. The van der Waals surface area contributed by atoms with Crippen LogP contribution in [0.2, 0.25) is 0 Å². The van der Waals surface area contributed by atoms with Crippen LogP contribution in [-0.2, 0) is 5.54 Å². The Morgan fingerprint density at radius 2 is 1.76 bits per heavy atom. The van der Waals surface area contributed by atoms with E-state index in [-0.39, 0.29) is 5.54 Å². The molecule has 0 fully saturated rings.